The average Bonchev–Trinajstić information content (AvgIpc) is 3.06. The summed E-state index contributed by atoms with van der Waals surface area (Å²) in [5, 5.41) is 0.146. The molecule has 0 heterocycles. The number of hydrogen-bond donors (Lipinski definition) is 0. The minimum atomic E-state index is -1.90. The first-order valence-electron chi connectivity index (χ1n) is 11.5. The Morgan fingerprint density at radius 3 is 1.52 bits per heavy atom. The van der Waals surface area contributed by atoms with Crippen molar-refractivity contribution in [1.82, 2.24) is 0 Å². The van der Waals surface area contributed by atoms with Crippen molar-refractivity contribution in [3.05, 3.63) is 71.8 Å². The van der Waals surface area contributed by atoms with Crippen molar-refractivity contribution < 1.29 is 14.0 Å². The largest absolute Gasteiger partial charge is 0.414 e. The van der Waals surface area contributed by atoms with Crippen LogP contribution in [0.3, 0.4) is 0 Å². The molecule has 0 N–H and O–H groups in total. The Morgan fingerprint density at radius 1 is 0.774 bits per heavy atom. The number of carbonyl (C=O) groups excluding carboxylic acids is 2. The molecule has 0 amide bonds. The Labute approximate surface area is 187 Å². The molecule has 5 atom stereocenters. The summed E-state index contributed by atoms with van der Waals surface area (Å²) in [6.45, 7) is 11.3. The first-order valence-corrected chi connectivity index (χ1v) is 14.4. The standard InChI is InChI=1S/C27H34O3Si/c1-27(2,3)31(4,5)30-20-16-21-22(17-20)24(26(29)19-14-10-7-11-15-19)23(21)25(28)18-12-8-6-9-13-18/h6-15,20-24H,16-17H2,1-5H3/t20?,21-,22+,23+,24-. The summed E-state index contributed by atoms with van der Waals surface area (Å²) < 4.78 is 6.73. The molecule has 164 valence electrons. The van der Waals surface area contributed by atoms with E-state index >= 15 is 0 Å². The Kier molecular flexibility index (Phi) is 5.82. The fourth-order valence-corrected chi connectivity index (χ4v) is 6.64. The molecule has 0 radical (unpaired) electrons. The van der Waals surface area contributed by atoms with Gasteiger partial charge >= 0.3 is 0 Å². The van der Waals surface area contributed by atoms with Crippen LogP contribution in [0.4, 0.5) is 0 Å². The molecule has 4 heteroatoms. The number of fused-ring (bicyclic) bond motifs is 1. The molecule has 2 aromatic carbocycles. The molecule has 1 unspecified atom stereocenters. The zero-order chi connectivity index (χ0) is 22.4. The van der Waals surface area contributed by atoms with Gasteiger partial charge in [-0.3, -0.25) is 9.59 Å². The summed E-state index contributed by atoms with van der Waals surface area (Å²) in [4.78, 5) is 27.0. The molecule has 2 aliphatic carbocycles. The molecule has 2 aromatic rings. The van der Waals surface area contributed by atoms with Gasteiger partial charge in [-0.1, -0.05) is 81.4 Å². The topological polar surface area (TPSA) is 43.4 Å². The van der Waals surface area contributed by atoms with Crippen molar-refractivity contribution in [1.29, 1.82) is 0 Å². The van der Waals surface area contributed by atoms with Crippen LogP contribution in [0.25, 0.3) is 0 Å². The van der Waals surface area contributed by atoms with Gasteiger partial charge in [-0.15, -0.1) is 0 Å². The van der Waals surface area contributed by atoms with E-state index in [4.69, 9.17) is 4.43 Å². The van der Waals surface area contributed by atoms with Crippen molar-refractivity contribution in [3.63, 3.8) is 0 Å². The molecule has 2 fully saturated rings. The van der Waals surface area contributed by atoms with E-state index in [1.807, 2.05) is 60.7 Å². The molecule has 0 aromatic heterocycles. The highest BCUT2D eigenvalue weighted by Gasteiger charge is 2.61. The van der Waals surface area contributed by atoms with Crippen LogP contribution in [0.15, 0.2) is 60.7 Å². The van der Waals surface area contributed by atoms with E-state index in [0.717, 1.165) is 12.8 Å². The normalized spacial score (nSPS) is 28.0. The SMILES string of the molecule is CC(C)(C)[Si](C)(C)OC1C[C@@H]2[C@H](C1)[C@@H](C(=O)c1ccccc1)[C@H]2C(=O)c1ccccc1. The van der Waals surface area contributed by atoms with Crippen LogP contribution in [-0.4, -0.2) is 26.0 Å². The molecule has 0 aliphatic heterocycles. The Balaban J connectivity index is 1.60. The number of carbonyl (C=O) groups is 2. The third-order valence-corrected chi connectivity index (χ3v) is 12.5. The Hall–Kier alpha value is -2.04. The molecule has 2 aliphatic rings. The maximum Gasteiger partial charge on any atom is 0.192 e. The maximum atomic E-state index is 13.5. The van der Waals surface area contributed by atoms with Crippen LogP contribution in [0.5, 0.6) is 0 Å². The summed E-state index contributed by atoms with van der Waals surface area (Å²) in [7, 11) is -1.90. The number of hydrogen-bond acceptors (Lipinski definition) is 3. The van der Waals surface area contributed by atoms with Crippen molar-refractivity contribution in [3.8, 4) is 0 Å². The monoisotopic (exact) mass is 434 g/mol. The van der Waals surface area contributed by atoms with Gasteiger partial charge < -0.3 is 4.43 Å². The van der Waals surface area contributed by atoms with Crippen LogP contribution in [0.1, 0.15) is 54.3 Å². The summed E-state index contributed by atoms with van der Waals surface area (Å²) in [6.07, 6.45) is 1.92. The summed E-state index contributed by atoms with van der Waals surface area (Å²) in [5.41, 5.74) is 1.43. The molecule has 0 spiro atoms. The Morgan fingerprint density at radius 2 is 1.16 bits per heavy atom. The number of Topliss-reactive ketones (excluding diaryl/α,β-unsaturated/α-hetero) is 2. The van der Waals surface area contributed by atoms with Crippen LogP contribution >= 0.6 is 0 Å². The summed E-state index contributed by atoms with van der Waals surface area (Å²) in [5.74, 6) is 0.217. The molecule has 4 rings (SSSR count). The van der Waals surface area contributed by atoms with Gasteiger partial charge in [0.2, 0.25) is 0 Å². The van der Waals surface area contributed by atoms with Gasteiger partial charge in [0.05, 0.1) is 0 Å². The van der Waals surface area contributed by atoms with Gasteiger partial charge in [0, 0.05) is 29.1 Å². The second-order valence-corrected chi connectivity index (χ2v) is 15.6. The predicted molar refractivity (Wildman–Crippen MR) is 127 cm³/mol. The average molecular weight is 435 g/mol. The maximum absolute atomic E-state index is 13.5. The smallest absolute Gasteiger partial charge is 0.192 e. The van der Waals surface area contributed by atoms with Crippen molar-refractivity contribution in [2.45, 2.75) is 57.8 Å². The van der Waals surface area contributed by atoms with Gasteiger partial charge in [-0.2, -0.15) is 0 Å². The predicted octanol–water partition coefficient (Wildman–Crippen LogP) is 6.41. The van der Waals surface area contributed by atoms with E-state index in [2.05, 4.69) is 33.9 Å². The lowest BCUT2D eigenvalue weighted by molar-refractivity contribution is 0.0130. The lowest BCUT2D eigenvalue weighted by Crippen LogP contribution is -2.51. The highest BCUT2D eigenvalue weighted by Crippen LogP contribution is 2.58. The highest BCUT2D eigenvalue weighted by atomic mass is 28.4. The van der Waals surface area contributed by atoms with E-state index in [0.29, 0.717) is 11.1 Å². The number of rotatable bonds is 6. The van der Waals surface area contributed by atoms with E-state index < -0.39 is 8.32 Å². The Bertz CT molecular complexity index is 880. The molecule has 0 saturated heterocycles. The first kappa shape index (κ1) is 22.2. The minimum Gasteiger partial charge on any atom is -0.414 e. The van der Waals surface area contributed by atoms with E-state index in [1.165, 1.54) is 0 Å². The third kappa shape index (κ3) is 4.08. The lowest BCUT2D eigenvalue weighted by atomic mass is 9.54. The van der Waals surface area contributed by atoms with Gasteiger partial charge in [-0.05, 0) is 42.8 Å². The quantitative estimate of drug-likeness (QED) is 0.389. The summed E-state index contributed by atoms with van der Waals surface area (Å²) >= 11 is 0. The molecular weight excluding hydrogens is 400 g/mol. The van der Waals surface area contributed by atoms with Crippen molar-refractivity contribution in [2.24, 2.45) is 23.7 Å². The molecule has 2 saturated carbocycles. The molecule has 3 nitrogen and oxygen atoms in total. The lowest BCUT2D eigenvalue weighted by Gasteiger charge is -2.47. The van der Waals surface area contributed by atoms with E-state index in [9.17, 15) is 9.59 Å². The van der Waals surface area contributed by atoms with Gasteiger partial charge in [0.25, 0.3) is 0 Å². The zero-order valence-electron chi connectivity index (χ0n) is 19.3. The van der Waals surface area contributed by atoms with Crippen LogP contribution in [-0.2, 0) is 4.43 Å². The zero-order valence-corrected chi connectivity index (χ0v) is 20.3. The van der Waals surface area contributed by atoms with E-state index in [-0.39, 0.29) is 46.4 Å². The second kappa shape index (κ2) is 8.14. The first-order chi connectivity index (χ1) is 14.6. The molecule has 31 heavy (non-hydrogen) atoms. The molecular formula is C27H34O3Si. The van der Waals surface area contributed by atoms with Crippen LogP contribution < -0.4 is 0 Å². The van der Waals surface area contributed by atoms with Gasteiger partial charge in [0.1, 0.15) is 0 Å². The summed E-state index contributed by atoms with van der Waals surface area (Å²) in [6, 6.07) is 18.9. The second-order valence-electron chi connectivity index (χ2n) is 10.8. The van der Waals surface area contributed by atoms with Crippen LogP contribution in [0, 0.1) is 23.7 Å². The third-order valence-electron chi connectivity index (χ3n) is 7.92. The van der Waals surface area contributed by atoms with Crippen molar-refractivity contribution >= 4 is 19.9 Å². The van der Waals surface area contributed by atoms with Gasteiger partial charge in [-0.25, -0.2) is 0 Å². The van der Waals surface area contributed by atoms with Crippen LogP contribution in [0.2, 0.25) is 18.1 Å². The number of benzene rings is 2. The van der Waals surface area contributed by atoms with E-state index in [1.54, 1.807) is 0 Å². The van der Waals surface area contributed by atoms with Gasteiger partial charge in [0.15, 0.2) is 19.9 Å². The van der Waals surface area contributed by atoms with Crippen molar-refractivity contribution in [2.75, 3.05) is 0 Å². The molecule has 0 bridgehead atoms. The fraction of sp³-hybridized carbons (Fsp3) is 0.481. The number of ketones is 2. The fourth-order valence-electron chi connectivity index (χ4n) is 5.26. The highest BCUT2D eigenvalue weighted by molar-refractivity contribution is 6.74. The minimum absolute atomic E-state index is 0.115.